The summed E-state index contributed by atoms with van der Waals surface area (Å²) in [7, 11) is 0. The largest absolute Gasteiger partial charge is 0.392 e. The fraction of sp³-hybridized carbons (Fsp3) is 0.214. The zero-order valence-corrected chi connectivity index (χ0v) is 10.7. The highest BCUT2D eigenvalue weighted by molar-refractivity contribution is 7.80. The van der Waals surface area contributed by atoms with Gasteiger partial charge < -0.3 is 10.6 Å². The van der Waals surface area contributed by atoms with Crippen LogP contribution in [0, 0.1) is 0 Å². The van der Waals surface area contributed by atoms with Crippen molar-refractivity contribution in [1.82, 2.24) is 0 Å². The predicted molar refractivity (Wildman–Crippen MR) is 78.6 cm³/mol. The summed E-state index contributed by atoms with van der Waals surface area (Å²) in [6.45, 7) is 3.63. The first-order chi connectivity index (χ1) is 8.22. The lowest BCUT2D eigenvalue weighted by atomic mass is 10.1. The Morgan fingerprint density at radius 3 is 2.59 bits per heavy atom. The quantitative estimate of drug-likeness (QED) is 0.838. The smallest absolute Gasteiger partial charge is 0.0923 e. The summed E-state index contributed by atoms with van der Waals surface area (Å²) in [6.07, 6.45) is 0. The molecular weight excluding hydrogens is 228 g/mol. The Kier molecular flexibility index (Phi) is 3.59. The van der Waals surface area contributed by atoms with Crippen LogP contribution in [0.15, 0.2) is 42.5 Å². The Balaban J connectivity index is 2.49. The van der Waals surface area contributed by atoms with Crippen molar-refractivity contribution in [3.8, 4) is 0 Å². The number of nitrogens with zero attached hydrogens (tertiary/aromatic N) is 1. The first-order valence-corrected chi connectivity index (χ1v) is 6.14. The number of benzene rings is 2. The first kappa shape index (κ1) is 11.9. The molecule has 0 unspecified atom stereocenters. The normalized spacial score (nSPS) is 10.4. The maximum atomic E-state index is 5.64. The van der Waals surface area contributed by atoms with Crippen molar-refractivity contribution in [1.29, 1.82) is 0 Å². The number of anilines is 1. The second kappa shape index (κ2) is 5.15. The zero-order valence-electron chi connectivity index (χ0n) is 9.89. The summed E-state index contributed by atoms with van der Waals surface area (Å²) < 4.78 is 0. The van der Waals surface area contributed by atoms with Crippen LogP contribution in [0.1, 0.15) is 6.92 Å². The Labute approximate surface area is 107 Å². The molecule has 2 nitrogen and oxygen atoms in total. The summed E-state index contributed by atoms with van der Waals surface area (Å²) >= 11 is 5.00. The minimum absolute atomic E-state index is 0.528. The predicted octanol–water partition coefficient (Wildman–Crippen LogP) is 2.95. The molecule has 0 atom stereocenters. The highest BCUT2D eigenvalue weighted by atomic mass is 32.1. The molecule has 2 aromatic carbocycles. The highest BCUT2D eigenvalue weighted by Crippen LogP contribution is 2.26. The van der Waals surface area contributed by atoms with E-state index in [2.05, 4.69) is 54.3 Å². The maximum absolute atomic E-state index is 5.64. The van der Waals surface area contributed by atoms with Crippen molar-refractivity contribution in [3.63, 3.8) is 0 Å². The molecule has 0 aliphatic heterocycles. The van der Waals surface area contributed by atoms with E-state index < -0.39 is 0 Å². The van der Waals surface area contributed by atoms with Crippen molar-refractivity contribution >= 4 is 33.7 Å². The molecule has 88 valence electrons. The van der Waals surface area contributed by atoms with Crippen molar-refractivity contribution in [2.75, 3.05) is 18.0 Å². The van der Waals surface area contributed by atoms with E-state index in [-0.39, 0.29) is 0 Å². The van der Waals surface area contributed by atoms with Crippen molar-refractivity contribution in [2.45, 2.75) is 6.92 Å². The average molecular weight is 244 g/mol. The van der Waals surface area contributed by atoms with Gasteiger partial charge in [0.15, 0.2) is 0 Å². The lowest BCUT2D eigenvalue weighted by Gasteiger charge is -2.24. The second-order valence-electron chi connectivity index (χ2n) is 3.98. The molecule has 2 aromatic rings. The van der Waals surface area contributed by atoms with Crippen molar-refractivity contribution in [2.24, 2.45) is 5.73 Å². The van der Waals surface area contributed by atoms with E-state index in [0.717, 1.165) is 6.54 Å². The van der Waals surface area contributed by atoms with Crippen LogP contribution in [-0.4, -0.2) is 18.1 Å². The van der Waals surface area contributed by atoms with Gasteiger partial charge in [0.05, 0.1) is 11.5 Å². The SMILES string of the molecule is CCN(CC(N)=S)c1cccc2ccccc12. The number of likely N-dealkylation sites (N-methyl/N-ethyl adjacent to an activating group) is 1. The Hall–Kier alpha value is -1.61. The second-order valence-corrected chi connectivity index (χ2v) is 4.50. The topological polar surface area (TPSA) is 29.3 Å². The lowest BCUT2D eigenvalue weighted by Crippen LogP contribution is -2.32. The van der Waals surface area contributed by atoms with Gasteiger partial charge in [-0.1, -0.05) is 48.6 Å². The van der Waals surface area contributed by atoms with Gasteiger partial charge in [0, 0.05) is 17.6 Å². The van der Waals surface area contributed by atoms with Gasteiger partial charge in [-0.3, -0.25) is 0 Å². The highest BCUT2D eigenvalue weighted by Gasteiger charge is 2.08. The fourth-order valence-corrected chi connectivity index (χ4v) is 2.20. The molecule has 0 heterocycles. The molecule has 0 aromatic heterocycles. The van der Waals surface area contributed by atoms with Crippen molar-refractivity contribution < 1.29 is 0 Å². The molecule has 0 aliphatic carbocycles. The van der Waals surface area contributed by atoms with E-state index >= 15 is 0 Å². The van der Waals surface area contributed by atoms with Crippen LogP contribution in [0.2, 0.25) is 0 Å². The standard InChI is InChI=1S/C14H16N2S/c1-2-16(10-14(15)17)13-9-5-7-11-6-3-4-8-12(11)13/h3-9H,2,10H2,1H3,(H2,15,17). The first-order valence-electron chi connectivity index (χ1n) is 5.73. The number of hydrogen-bond acceptors (Lipinski definition) is 2. The van der Waals surface area contributed by atoms with Gasteiger partial charge in [-0.15, -0.1) is 0 Å². The molecule has 0 amide bonds. The van der Waals surface area contributed by atoms with Gasteiger partial charge in [0.1, 0.15) is 0 Å². The van der Waals surface area contributed by atoms with Gasteiger partial charge in [-0.05, 0) is 18.4 Å². The lowest BCUT2D eigenvalue weighted by molar-refractivity contribution is 0.931. The van der Waals surface area contributed by atoms with Gasteiger partial charge in [0.25, 0.3) is 0 Å². The van der Waals surface area contributed by atoms with E-state index in [9.17, 15) is 0 Å². The van der Waals surface area contributed by atoms with Gasteiger partial charge in [0.2, 0.25) is 0 Å². The molecule has 3 heteroatoms. The summed E-state index contributed by atoms with van der Waals surface area (Å²) in [4.78, 5) is 2.73. The summed E-state index contributed by atoms with van der Waals surface area (Å²) in [6, 6.07) is 14.7. The Morgan fingerprint density at radius 2 is 1.88 bits per heavy atom. The van der Waals surface area contributed by atoms with E-state index in [1.54, 1.807) is 0 Å². The maximum Gasteiger partial charge on any atom is 0.0923 e. The third-order valence-electron chi connectivity index (χ3n) is 2.84. The Bertz CT molecular complexity index is 531. The van der Waals surface area contributed by atoms with Gasteiger partial charge >= 0.3 is 0 Å². The van der Waals surface area contributed by atoms with E-state index in [4.69, 9.17) is 18.0 Å². The molecule has 2 N–H and O–H groups in total. The summed E-state index contributed by atoms with van der Waals surface area (Å²) in [5.74, 6) is 0. The summed E-state index contributed by atoms with van der Waals surface area (Å²) in [5, 5.41) is 2.49. The van der Waals surface area contributed by atoms with Crippen LogP contribution < -0.4 is 10.6 Å². The molecule has 0 radical (unpaired) electrons. The van der Waals surface area contributed by atoms with Crippen LogP contribution in [0.25, 0.3) is 10.8 Å². The molecule has 0 saturated carbocycles. The monoisotopic (exact) mass is 244 g/mol. The minimum Gasteiger partial charge on any atom is -0.392 e. The van der Waals surface area contributed by atoms with Crippen LogP contribution in [0.4, 0.5) is 5.69 Å². The molecule has 0 fully saturated rings. The molecule has 2 rings (SSSR count). The van der Waals surface area contributed by atoms with E-state index in [0.29, 0.717) is 11.5 Å². The van der Waals surface area contributed by atoms with Gasteiger partial charge in [-0.25, -0.2) is 0 Å². The number of rotatable bonds is 4. The molecule has 17 heavy (non-hydrogen) atoms. The number of hydrogen-bond donors (Lipinski definition) is 1. The Morgan fingerprint density at radius 1 is 1.18 bits per heavy atom. The van der Waals surface area contributed by atoms with E-state index in [1.807, 2.05) is 0 Å². The van der Waals surface area contributed by atoms with E-state index in [1.165, 1.54) is 16.5 Å². The van der Waals surface area contributed by atoms with Crippen molar-refractivity contribution in [3.05, 3.63) is 42.5 Å². The molecule has 0 saturated heterocycles. The molecule has 0 bridgehead atoms. The number of nitrogens with two attached hydrogens (primary N) is 1. The van der Waals surface area contributed by atoms with Crippen LogP contribution >= 0.6 is 12.2 Å². The fourth-order valence-electron chi connectivity index (χ4n) is 2.04. The van der Waals surface area contributed by atoms with Crippen LogP contribution in [-0.2, 0) is 0 Å². The average Bonchev–Trinajstić information content (AvgIpc) is 2.35. The van der Waals surface area contributed by atoms with Crippen LogP contribution in [0.3, 0.4) is 0 Å². The zero-order chi connectivity index (χ0) is 12.3. The third-order valence-corrected chi connectivity index (χ3v) is 2.96. The summed E-state index contributed by atoms with van der Waals surface area (Å²) in [5.41, 5.74) is 6.83. The number of thiocarbonyl (C=S) groups is 1. The number of fused-ring (bicyclic) bond motifs is 1. The molecule has 0 spiro atoms. The van der Waals surface area contributed by atoms with Crippen LogP contribution in [0.5, 0.6) is 0 Å². The van der Waals surface area contributed by atoms with Gasteiger partial charge in [-0.2, -0.15) is 0 Å². The molecular formula is C14H16N2S. The minimum atomic E-state index is 0.528. The molecule has 0 aliphatic rings. The third kappa shape index (κ3) is 2.56.